The molecule has 0 radical (unpaired) electrons. The predicted molar refractivity (Wildman–Crippen MR) is 94.6 cm³/mol. The van der Waals surface area contributed by atoms with Crippen LogP contribution in [-0.2, 0) is 9.53 Å². The molecule has 3 heteroatoms. The number of allylic oxidation sites excluding steroid dienone is 1. The van der Waals surface area contributed by atoms with Gasteiger partial charge in [-0.05, 0) is 62.2 Å². The van der Waals surface area contributed by atoms with Gasteiger partial charge in [0.15, 0.2) is 0 Å². The van der Waals surface area contributed by atoms with Crippen molar-refractivity contribution in [1.29, 1.82) is 0 Å². The lowest BCUT2D eigenvalue weighted by Crippen LogP contribution is -3.14. The lowest BCUT2D eigenvalue weighted by molar-refractivity contribution is -0.908. The van der Waals surface area contributed by atoms with Crippen LogP contribution in [0.4, 0.5) is 0 Å². The monoisotopic (exact) mass is 332 g/mol. The molecule has 0 aromatic heterocycles. The Labute approximate surface area is 146 Å². The van der Waals surface area contributed by atoms with Gasteiger partial charge in [-0.3, -0.25) is 4.79 Å². The van der Waals surface area contributed by atoms with Gasteiger partial charge in [0.1, 0.15) is 12.0 Å². The van der Waals surface area contributed by atoms with Crippen LogP contribution < -0.4 is 4.90 Å². The molecule has 24 heavy (non-hydrogen) atoms. The number of hydrogen-bond donors (Lipinski definition) is 1. The van der Waals surface area contributed by atoms with E-state index in [4.69, 9.17) is 4.74 Å². The van der Waals surface area contributed by atoms with Gasteiger partial charge in [0.25, 0.3) is 0 Å². The van der Waals surface area contributed by atoms with E-state index in [1.165, 1.54) is 50.8 Å². The van der Waals surface area contributed by atoms with Gasteiger partial charge in [-0.25, -0.2) is 0 Å². The average molecular weight is 333 g/mol. The molecule has 2 aliphatic heterocycles. The normalized spacial score (nSPS) is 48.6. The Kier molecular flexibility index (Phi) is 4.27. The van der Waals surface area contributed by atoms with Crippen molar-refractivity contribution in [3.8, 4) is 0 Å². The summed E-state index contributed by atoms with van der Waals surface area (Å²) in [6.07, 6.45) is 8.72. The SMILES string of the molecule is C=C1CCC[C@]2(C)C[C@H]3OC(=O)[C@H](C[NH+]4CCC(C)CC4)[C@H]3C[C@@H]12. The molecule has 4 aliphatic rings. The molecular weight excluding hydrogens is 298 g/mol. The lowest BCUT2D eigenvalue weighted by atomic mass is 9.55. The number of ether oxygens (including phenoxy) is 1. The number of carbonyl (C=O) groups is 1. The van der Waals surface area contributed by atoms with Gasteiger partial charge >= 0.3 is 5.97 Å². The summed E-state index contributed by atoms with van der Waals surface area (Å²) in [4.78, 5) is 14.2. The van der Waals surface area contributed by atoms with Crippen LogP contribution in [0.5, 0.6) is 0 Å². The Balaban J connectivity index is 1.47. The van der Waals surface area contributed by atoms with E-state index in [1.54, 1.807) is 4.90 Å². The quantitative estimate of drug-likeness (QED) is 0.622. The van der Waals surface area contributed by atoms with Crippen molar-refractivity contribution in [2.24, 2.45) is 29.1 Å². The van der Waals surface area contributed by atoms with Crippen molar-refractivity contribution in [2.45, 2.75) is 64.9 Å². The van der Waals surface area contributed by atoms with E-state index >= 15 is 0 Å². The fourth-order valence-electron chi connectivity index (χ4n) is 6.18. The molecule has 0 amide bonds. The summed E-state index contributed by atoms with van der Waals surface area (Å²) >= 11 is 0. The molecule has 0 aromatic carbocycles. The van der Waals surface area contributed by atoms with E-state index in [-0.39, 0.29) is 18.0 Å². The van der Waals surface area contributed by atoms with E-state index in [0.717, 1.165) is 25.3 Å². The Morgan fingerprint density at radius 3 is 2.83 bits per heavy atom. The number of carbonyl (C=O) groups excluding carboxylic acids is 1. The number of rotatable bonds is 2. The van der Waals surface area contributed by atoms with E-state index in [0.29, 0.717) is 17.3 Å². The maximum absolute atomic E-state index is 12.6. The van der Waals surface area contributed by atoms with Crippen LogP contribution in [0.3, 0.4) is 0 Å². The molecular formula is C21H34NO2+. The zero-order valence-electron chi connectivity index (χ0n) is 15.5. The van der Waals surface area contributed by atoms with Crippen molar-refractivity contribution in [3.05, 3.63) is 12.2 Å². The number of fused-ring (bicyclic) bond motifs is 2. The molecule has 3 nitrogen and oxygen atoms in total. The van der Waals surface area contributed by atoms with Crippen molar-refractivity contribution in [3.63, 3.8) is 0 Å². The molecule has 2 saturated heterocycles. The Morgan fingerprint density at radius 2 is 2.08 bits per heavy atom. The zero-order chi connectivity index (χ0) is 16.9. The molecule has 134 valence electrons. The topological polar surface area (TPSA) is 30.7 Å². The highest BCUT2D eigenvalue weighted by Crippen LogP contribution is 2.56. The second-order valence-electron chi connectivity index (χ2n) is 9.54. The van der Waals surface area contributed by atoms with Gasteiger partial charge < -0.3 is 9.64 Å². The van der Waals surface area contributed by atoms with E-state index in [9.17, 15) is 4.79 Å². The highest BCUT2D eigenvalue weighted by Gasteiger charge is 2.56. The summed E-state index contributed by atoms with van der Waals surface area (Å²) < 4.78 is 5.91. The fraction of sp³-hybridized carbons (Fsp3) is 0.857. The molecule has 1 N–H and O–H groups in total. The molecule has 2 aliphatic carbocycles. The number of piperidine rings is 1. The van der Waals surface area contributed by atoms with Crippen LogP contribution in [0.1, 0.15) is 58.8 Å². The number of hydrogen-bond acceptors (Lipinski definition) is 2. The van der Waals surface area contributed by atoms with E-state index in [2.05, 4.69) is 20.4 Å². The molecule has 5 atom stereocenters. The van der Waals surface area contributed by atoms with Crippen molar-refractivity contribution >= 4 is 5.97 Å². The van der Waals surface area contributed by atoms with Gasteiger partial charge in [-0.2, -0.15) is 0 Å². The van der Waals surface area contributed by atoms with E-state index in [1.807, 2.05) is 0 Å². The summed E-state index contributed by atoms with van der Waals surface area (Å²) in [5.41, 5.74) is 1.76. The Bertz CT molecular complexity index is 522. The lowest BCUT2D eigenvalue weighted by Gasteiger charge is -2.50. The third-order valence-electron chi connectivity index (χ3n) is 7.81. The summed E-state index contributed by atoms with van der Waals surface area (Å²) in [7, 11) is 0. The Morgan fingerprint density at radius 1 is 1.33 bits per heavy atom. The van der Waals surface area contributed by atoms with Crippen LogP contribution in [-0.4, -0.2) is 31.7 Å². The highest BCUT2D eigenvalue weighted by atomic mass is 16.6. The minimum absolute atomic E-state index is 0.101. The minimum atomic E-state index is 0.101. The number of esters is 1. The van der Waals surface area contributed by atoms with Gasteiger partial charge in [-0.15, -0.1) is 0 Å². The third-order valence-corrected chi connectivity index (χ3v) is 7.81. The number of quaternary nitrogens is 1. The molecule has 4 fully saturated rings. The third kappa shape index (κ3) is 2.83. The highest BCUT2D eigenvalue weighted by molar-refractivity contribution is 5.75. The van der Waals surface area contributed by atoms with Gasteiger partial charge in [-0.1, -0.05) is 26.0 Å². The number of likely N-dealkylation sites (tertiary alicyclic amines) is 1. The van der Waals surface area contributed by atoms with Crippen LogP contribution in [0, 0.1) is 29.1 Å². The van der Waals surface area contributed by atoms with Gasteiger partial charge in [0, 0.05) is 5.92 Å². The fourth-order valence-corrected chi connectivity index (χ4v) is 6.18. The first kappa shape index (κ1) is 16.6. The molecule has 0 spiro atoms. The minimum Gasteiger partial charge on any atom is -0.462 e. The first-order valence-electron chi connectivity index (χ1n) is 10.2. The van der Waals surface area contributed by atoms with Crippen LogP contribution in [0.25, 0.3) is 0 Å². The first-order valence-corrected chi connectivity index (χ1v) is 10.2. The summed E-state index contributed by atoms with van der Waals surface area (Å²) in [5.74, 6) is 2.15. The second-order valence-corrected chi connectivity index (χ2v) is 9.54. The van der Waals surface area contributed by atoms with Crippen LogP contribution in [0.2, 0.25) is 0 Å². The van der Waals surface area contributed by atoms with Crippen LogP contribution >= 0.6 is 0 Å². The van der Waals surface area contributed by atoms with Crippen LogP contribution in [0.15, 0.2) is 12.2 Å². The smallest absolute Gasteiger partial charge is 0.315 e. The first-order chi connectivity index (χ1) is 11.5. The molecule has 2 saturated carbocycles. The van der Waals surface area contributed by atoms with Crippen molar-refractivity contribution in [2.75, 3.05) is 19.6 Å². The standard InChI is InChI=1S/C21H33NO2/c1-14-6-9-22(10-7-14)13-17-16-11-18-15(2)5-4-8-21(18,3)12-19(16)24-20(17)23/h14,16-19H,2,4-13H2,1,3H3/p+1/t16-,17-,18+,19-,21-/m1/s1. The molecule has 0 aromatic rings. The molecule has 4 rings (SSSR count). The summed E-state index contributed by atoms with van der Waals surface area (Å²) in [5, 5.41) is 0. The summed E-state index contributed by atoms with van der Waals surface area (Å²) in [6.45, 7) is 12.6. The largest absolute Gasteiger partial charge is 0.462 e. The zero-order valence-corrected chi connectivity index (χ0v) is 15.5. The number of nitrogens with one attached hydrogen (secondary N) is 1. The maximum atomic E-state index is 12.6. The van der Waals surface area contributed by atoms with E-state index < -0.39 is 0 Å². The second kappa shape index (κ2) is 6.16. The molecule has 0 unspecified atom stereocenters. The summed E-state index contributed by atoms with van der Waals surface area (Å²) in [6, 6.07) is 0. The van der Waals surface area contributed by atoms with Gasteiger partial charge in [0.2, 0.25) is 0 Å². The predicted octanol–water partition coefficient (Wildman–Crippen LogP) is 2.62. The Hall–Kier alpha value is -0.830. The van der Waals surface area contributed by atoms with Gasteiger partial charge in [0.05, 0.1) is 19.6 Å². The maximum Gasteiger partial charge on any atom is 0.315 e. The molecule has 2 heterocycles. The average Bonchev–Trinajstić information content (AvgIpc) is 2.82. The molecule has 0 bridgehead atoms. The van der Waals surface area contributed by atoms with Crippen molar-refractivity contribution in [1.82, 2.24) is 0 Å². The van der Waals surface area contributed by atoms with Crippen molar-refractivity contribution < 1.29 is 14.4 Å².